The molecule has 0 spiro atoms. The van der Waals surface area contributed by atoms with Gasteiger partial charge < -0.3 is 4.98 Å². The van der Waals surface area contributed by atoms with E-state index in [1.54, 1.807) is 13.0 Å². The molecule has 0 bridgehead atoms. The van der Waals surface area contributed by atoms with Crippen LogP contribution in [0.4, 0.5) is 14.6 Å². The van der Waals surface area contributed by atoms with Gasteiger partial charge in [-0.1, -0.05) is 18.5 Å². The summed E-state index contributed by atoms with van der Waals surface area (Å²) in [5.74, 6) is -2.55. The number of fused-ring (bicyclic) bond motifs is 1. The van der Waals surface area contributed by atoms with Crippen LogP contribution >= 0.6 is 11.6 Å². The lowest BCUT2D eigenvalue weighted by atomic mass is 10.2. The Kier molecular flexibility index (Phi) is 4.18. The Hall–Kier alpha value is -2.19. The summed E-state index contributed by atoms with van der Waals surface area (Å²) >= 11 is 5.85. The lowest BCUT2D eigenvalue weighted by Crippen LogP contribution is -2.16. The first-order valence-electron chi connectivity index (χ1n) is 6.96. The molecule has 0 aliphatic heterocycles. The summed E-state index contributed by atoms with van der Waals surface area (Å²) in [5.41, 5.74) is 0.570. The highest BCUT2D eigenvalue weighted by molar-refractivity contribution is 7.93. The largest absolute Gasteiger partial charge is 0.360 e. The van der Waals surface area contributed by atoms with E-state index >= 15 is 0 Å². The Morgan fingerprint density at radius 3 is 2.75 bits per heavy atom. The number of aromatic amines is 1. The van der Waals surface area contributed by atoms with Crippen molar-refractivity contribution in [3.8, 4) is 0 Å². The van der Waals surface area contributed by atoms with E-state index in [4.69, 9.17) is 11.6 Å². The molecule has 9 heteroatoms. The molecule has 0 aliphatic rings. The van der Waals surface area contributed by atoms with E-state index < -0.39 is 27.6 Å². The highest BCUT2D eigenvalue weighted by atomic mass is 35.5. The number of aryl methyl sites for hydroxylation is 1. The first-order chi connectivity index (χ1) is 11.3. The molecular formula is C15H12ClF2N3O2S. The summed E-state index contributed by atoms with van der Waals surface area (Å²) in [6, 6.07) is 5.54. The van der Waals surface area contributed by atoms with Gasteiger partial charge in [-0.05, 0) is 30.7 Å². The van der Waals surface area contributed by atoms with E-state index in [9.17, 15) is 17.2 Å². The molecule has 0 amide bonds. The third kappa shape index (κ3) is 2.94. The number of H-pyrrole nitrogens is 1. The first-order valence-corrected chi connectivity index (χ1v) is 8.82. The summed E-state index contributed by atoms with van der Waals surface area (Å²) in [6.07, 6.45) is 1.49. The number of anilines is 1. The van der Waals surface area contributed by atoms with Crippen molar-refractivity contribution in [3.63, 3.8) is 0 Å². The number of halogens is 3. The van der Waals surface area contributed by atoms with Gasteiger partial charge in [0.25, 0.3) is 10.0 Å². The molecule has 126 valence electrons. The van der Waals surface area contributed by atoms with Crippen molar-refractivity contribution >= 4 is 38.3 Å². The van der Waals surface area contributed by atoms with Crippen molar-refractivity contribution in [2.75, 3.05) is 4.72 Å². The van der Waals surface area contributed by atoms with Crippen molar-refractivity contribution < 1.29 is 17.2 Å². The molecule has 0 fully saturated rings. The summed E-state index contributed by atoms with van der Waals surface area (Å²) in [5, 5.41) is 0.809. The quantitative estimate of drug-likeness (QED) is 0.684. The molecule has 0 radical (unpaired) electrons. The first kappa shape index (κ1) is 16.7. The molecule has 2 aromatic heterocycles. The van der Waals surface area contributed by atoms with Crippen LogP contribution in [-0.4, -0.2) is 18.4 Å². The average molecular weight is 372 g/mol. The minimum absolute atomic E-state index is 0.0668. The number of hydrogen-bond acceptors (Lipinski definition) is 3. The number of pyridine rings is 1. The maximum Gasteiger partial charge on any atom is 0.265 e. The van der Waals surface area contributed by atoms with Crippen LogP contribution in [0.25, 0.3) is 10.9 Å². The molecule has 0 saturated heterocycles. The third-order valence-electron chi connectivity index (χ3n) is 3.51. The van der Waals surface area contributed by atoms with Gasteiger partial charge >= 0.3 is 0 Å². The maximum atomic E-state index is 14.0. The van der Waals surface area contributed by atoms with Gasteiger partial charge in [0.1, 0.15) is 4.90 Å². The monoisotopic (exact) mass is 371 g/mol. The molecule has 0 saturated carbocycles. The highest BCUT2D eigenvalue weighted by Crippen LogP contribution is 2.27. The minimum atomic E-state index is -4.16. The van der Waals surface area contributed by atoms with Gasteiger partial charge in [-0.2, -0.15) is 9.37 Å². The van der Waals surface area contributed by atoms with Crippen LogP contribution in [-0.2, 0) is 16.4 Å². The van der Waals surface area contributed by atoms with Crippen molar-refractivity contribution in [3.05, 3.63) is 52.8 Å². The number of rotatable bonds is 4. The number of benzene rings is 1. The predicted molar refractivity (Wildman–Crippen MR) is 87.6 cm³/mol. The summed E-state index contributed by atoms with van der Waals surface area (Å²) < 4.78 is 54.6. The molecule has 3 rings (SSSR count). The van der Waals surface area contributed by atoms with Crippen molar-refractivity contribution in [1.82, 2.24) is 9.97 Å². The average Bonchev–Trinajstić information content (AvgIpc) is 2.94. The second-order valence-electron chi connectivity index (χ2n) is 5.07. The van der Waals surface area contributed by atoms with E-state index in [0.29, 0.717) is 15.9 Å². The van der Waals surface area contributed by atoms with Crippen LogP contribution < -0.4 is 4.72 Å². The van der Waals surface area contributed by atoms with Gasteiger partial charge in [0, 0.05) is 27.7 Å². The zero-order valence-electron chi connectivity index (χ0n) is 12.4. The fourth-order valence-corrected chi connectivity index (χ4v) is 3.66. The maximum absolute atomic E-state index is 14.0. The van der Waals surface area contributed by atoms with Gasteiger partial charge in [0.15, 0.2) is 11.6 Å². The third-order valence-corrected chi connectivity index (χ3v) is 5.12. The molecular weight excluding hydrogens is 360 g/mol. The van der Waals surface area contributed by atoms with Crippen LogP contribution in [0.1, 0.15) is 12.5 Å². The van der Waals surface area contributed by atoms with Crippen LogP contribution in [0.2, 0.25) is 5.02 Å². The molecule has 5 nitrogen and oxygen atoms in total. The molecule has 1 aromatic carbocycles. The lowest BCUT2D eigenvalue weighted by Gasteiger charge is -2.09. The van der Waals surface area contributed by atoms with Gasteiger partial charge in [0.05, 0.1) is 0 Å². The van der Waals surface area contributed by atoms with Crippen LogP contribution in [0.3, 0.4) is 0 Å². The standard InChI is InChI=1S/C15H12ClF2N3O2S/c1-2-8-5-11(17)15(20-14(8)18)21-24(22,23)13-7-19-12-6-9(16)3-4-10(12)13/h3-7,19H,2H2,1H3,(H,20,21). The summed E-state index contributed by atoms with van der Waals surface area (Å²) in [7, 11) is -4.16. The Labute approximate surface area is 141 Å². The Morgan fingerprint density at radius 2 is 2.04 bits per heavy atom. The smallest absolute Gasteiger partial charge is 0.265 e. The highest BCUT2D eigenvalue weighted by Gasteiger charge is 2.22. The molecule has 0 aliphatic carbocycles. The van der Waals surface area contributed by atoms with Gasteiger partial charge in [-0.3, -0.25) is 4.72 Å². The lowest BCUT2D eigenvalue weighted by molar-refractivity contribution is 0.549. The van der Waals surface area contributed by atoms with Crippen LogP contribution in [0.5, 0.6) is 0 Å². The van der Waals surface area contributed by atoms with Gasteiger partial charge in [-0.25, -0.2) is 12.8 Å². The molecule has 3 aromatic rings. The van der Waals surface area contributed by atoms with Crippen LogP contribution in [0.15, 0.2) is 35.4 Å². The Bertz CT molecular complexity index is 1030. The van der Waals surface area contributed by atoms with Gasteiger partial charge in [0.2, 0.25) is 5.95 Å². The molecule has 24 heavy (non-hydrogen) atoms. The molecule has 2 heterocycles. The van der Waals surface area contributed by atoms with E-state index in [1.165, 1.54) is 18.3 Å². The number of sulfonamides is 1. The number of nitrogens with one attached hydrogen (secondary N) is 2. The van der Waals surface area contributed by atoms with E-state index in [0.717, 1.165) is 6.07 Å². The van der Waals surface area contributed by atoms with Crippen LogP contribution in [0, 0.1) is 11.8 Å². The van der Waals surface area contributed by atoms with E-state index in [1.807, 2.05) is 4.72 Å². The summed E-state index contributed by atoms with van der Waals surface area (Å²) in [6.45, 7) is 1.64. The Morgan fingerprint density at radius 1 is 1.29 bits per heavy atom. The zero-order valence-corrected chi connectivity index (χ0v) is 14.0. The van der Waals surface area contributed by atoms with E-state index in [2.05, 4.69) is 9.97 Å². The fraction of sp³-hybridized carbons (Fsp3) is 0.133. The summed E-state index contributed by atoms with van der Waals surface area (Å²) in [4.78, 5) is 6.03. The van der Waals surface area contributed by atoms with E-state index in [-0.39, 0.29) is 16.9 Å². The number of hydrogen-bond donors (Lipinski definition) is 2. The van der Waals surface area contributed by atoms with Crippen molar-refractivity contribution in [2.45, 2.75) is 18.2 Å². The van der Waals surface area contributed by atoms with Crippen molar-refractivity contribution in [2.24, 2.45) is 0 Å². The predicted octanol–water partition coefficient (Wildman–Crippen LogP) is 3.86. The minimum Gasteiger partial charge on any atom is -0.360 e. The second kappa shape index (κ2) is 6.03. The SMILES string of the molecule is CCc1cc(F)c(NS(=O)(=O)c2c[nH]c3cc(Cl)ccc23)nc1F. The van der Waals surface area contributed by atoms with Crippen molar-refractivity contribution in [1.29, 1.82) is 0 Å². The topological polar surface area (TPSA) is 74.8 Å². The molecule has 0 atom stereocenters. The molecule has 0 unspecified atom stereocenters. The zero-order chi connectivity index (χ0) is 17.5. The number of nitrogens with zero attached hydrogens (tertiary/aromatic N) is 1. The normalized spacial score (nSPS) is 11.8. The number of aromatic nitrogens is 2. The second-order valence-corrected chi connectivity index (χ2v) is 7.16. The molecule has 2 N–H and O–H groups in total. The Balaban J connectivity index is 2.04. The van der Waals surface area contributed by atoms with Gasteiger partial charge in [-0.15, -0.1) is 0 Å². The fourth-order valence-electron chi connectivity index (χ4n) is 2.30.